The minimum Gasteiger partial charge on any atom is -0.478 e. The summed E-state index contributed by atoms with van der Waals surface area (Å²) in [6.07, 6.45) is 0. The molecule has 0 bridgehead atoms. The number of carboxylic acids is 1. The van der Waals surface area contributed by atoms with Gasteiger partial charge in [-0.1, -0.05) is 23.7 Å². The number of nitrogens with zero attached hydrogens (tertiary/aromatic N) is 1. The highest BCUT2D eigenvalue weighted by Crippen LogP contribution is 2.37. The first kappa shape index (κ1) is 18.6. The number of anilines is 2. The zero-order valence-corrected chi connectivity index (χ0v) is 14.8. The molecule has 0 unspecified atom stereocenters. The van der Waals surface area contributed by atoms with Gasteiger partial charge in [-0.2, -0.15) is 0 Å². The van der Waals surface area contributed by atoms with Crippen LogP contribution in [0.4, 0.5) is 24.5 Å². The van der Waals surface area contributed by atoms with Crippen LogP contribution in [0.25, 0.3) is 5.70 Å². The topological polar surface area (TPSA) is 64.6 Å². The monoisotopic (exact) mass is 421 g/mol. The molecule has 3 N–H and O–H groups in total. The Labute approximate surface area is 159 Å². The van der Waals surface area contributed by atoms with Crippen molar-refractivity contribution in [1.82, 2.24) is 8.55 Å². The van der Waals surface area contributed by atoms with E-state index in [1.54, 1.807) is 12.1 Å². The molecule has 1 heterocycles. The van der Waals surface area contributed by atoms with Crippen LogP contribution in [0.5, 0.6) is 0 Å². The Morgan fingerprint density at radius 3 is 2.38 bits per heavy atom. The van der Waals surface area contributed by atoms with Gasteiger partial charge in [-0.25, -0.2) is 21.8 Å². The van der Waals surface area contributed by atoms with E-state index in [9.17, 15) is 18.0 Å². The summed E-state index contributed by atoms with van der Waals surface area (Å²) in [6.45, 7) is 0. The number of nitrogens with one attached hydrogen (secondary N) is 2. The minimum absolute atomic E-state index is 0.248. The normalized spacial score (nSPS) is 13.8. The second-order valence-corrected chi connectivity index (χ2v) is 6.69. The van der Waals surface area contributed by atoms with Gasteiger partial charge in [0.25, 0.3) is 0 Å². The lowest BCUT2D eigenvalue weighted by molar-refractivity contribution is 0.0696. The molecule has 0 saturated heterocycles. The van der Waals surface area contributed by atoms with Gasteiger partial charge in [0.1, 0.15) is 10.9 Å². The zero-order valence-electron chi connectivity index (χ0n) is 12.5. The average Bonchev–Trinajstić information content (AvgIpc) is 2.94. The number of benzene rings is 2. The Bertz CT molecular complexity index is 925. The summed E-state index contributed by atoms with van der Waals surface area (Å²) in [5.41, 5.74) is -0.0528. The third kappa shape index (κ3) is 3.37. The Morgan fingerprint density at radius 1 is 1.19 bits per heavy atom. The first-order chi connectivity index (χ1) is 12.3. The molecule has 2 aromatic rings. The standard InChI is InChI=1S/C15H8Cl2F3N3O2S/c16-14-13(23(17)26-22-14)6-1-3-7(4-2-6)21-12-8(15(24)25)5-9(18)10(19)11(12)20/h1-5,21-22H,(H,24,25). The van der Waals surface area contributed by atoms with Gasteiger partial charge in [-0.05, 0) is 18.2 Å². The number of rotatable bonds is 4. The van der Waals surface area contributed by atoms with Crippen molar-refractivity contribution in [3.05, 3.63) is 64.1 Å². The van der Waals surface area contributed by atoms with Crippen molar-refractivity contribution >= 4 is 58.6 Å². The Balaban J connectivity index is 1.95. The van der Waals surface area contributed by atoms with Crippen LogP contribution in [0.3, 0.4) is 0 Å². The molecule has 0 saturated carbocycles. The molecule has 0 fully saturated rings. The maximum atomic E-state index is 14.0. The third-order valence-corrected chi connectivity index (χ3v) is 4.82. The van der Waals surface area contributed by atoms with E-state index >= 15 is 0 Å². The van der Waals surface area contributed by atoms with Crippen LogP contribution in [0, 0.1) is 17.5 Å². The SMILES string of the molecule is O=C(O)c1cc(F)c(F)c(F)c1Nc1ccc(C2=C(Cl)NSN2Cl)cc1. The largest absolute Gasteiger partial charge is 0.478 e. The molecule has 3 rings (SSSR count). The van der Waals surface area contributed by atoms with Crippen LogP contribution in [-0.2, 0) is 0 Å². The highest BCUT2D eigenvalue weighted by Gasteiger charge is 2.24. The summed E-state index contributed by atoms with van der Waals surface area (Å²) in [7, 11) is 0. The lowest BCUT2D eigenvalue weighted by atomic mass is 10.1. The molecule has 0 aromatic heterocycles. The van der Waals surface area contributed by atoms with Gasteiger partial charge < -0.3 is 10.4 Å². The van der Waals surface area contributed by atoms with E-state index in [4.69, 9.17) is 28.5 Å². The average molecular weight is 422 g/mol. The molecular weight excluding hydrogens is 414 g/mol. The molecule has 136 valence electrons. The van der Waals surface area contributed by atoms with E-state index in [2.05, 4.69) is 10.0 Å². The smallest absolute Gasteiger partial charge is 0.338 e. The maximum Gasteiger partial charge on any atom is 0.338 e. The van der Waals surface area contributed by atoms with E-state index in [0.29, 0.717) is 22.5 Å². The molecule has 0 amide bonds. The summed E-state index contributed by atoms with van der Waals surface area (Å²) >= 11 is 13.0. The van der Waals surface area contributed by atoms with Crippen LogP contribution >= 0.6 is 35.5 Å². The van der Waals surface area contributed by atoms with E-state index in [1.165, 1.54) is 16.0 Å². The predicted octanol–water partition coefficient (Wildman–Crippen LogP) is 5.03. The molecule has 0 spiro atoms. The molecular formula is C15H8Cl2F3N3O2S. The fraction of sp³-hybridized carbons (Fsp3) is 0. The predicted molar refractivity (Wildman–Crippen MR) is 94.2 cm³/mol. The highest BCUT2D eigenvalue weighted by atomic mass is 35.5. The van der Waals surface area contributed by atoms with Crippen LogP contribution < -0.4 is 10.0 Å². The Hall–Kier alpha value is -2.23. The summed E-state index contributed by atoms with van der Waals surface area (Å²) in [4.78, 5) is 11.2. The first-order valence-electron chi connectivity index (χ1n) is 6.86. The van der Waals surface area contributed by atoms with E-state index in [-0.39, 0.29) is 5.69 Å². The summed E-state index contributed by atoms with van der Waals surface area (Å²) in [5.74, 6) is -6.58. The molecule has 0 aliphatic carbocycles. The van der Waals surface area contributed by atoms with E-state index in [1.807, 2.05) is 0 Å². The fourth-order valence-electron chi connectivity index (χ4n) is 2.22. The minimum atomic E-state index is -1.77. The van der Waals surface area contributed by atoms with Crippen LogP contribution in [0.2, 0.25) is 0 Å². The summed E-state index contributed by atoms with van der Waals surface area (Å²) < 4.78 is 44.8. The summed E-state index contributed by atoms with van der Waals surface area (Å²) in [6, 6.07) is 6.54. The van der Waals surface area contributed by atoms with E-state index < -0.39 is 34.7 Å². The van der Waals surface area contributed by atoms with Crippen molar-refractivity contribution in [3.8, 4) is 0 Å². The van der Waals surface area contributed by atoms with Gasteiger partial charge >= 0.3 is 5.97 Å². The number of carboxylic acid groups (broad SMARTS) is 1. The zero-order chi connectivity index (χ0) is 19.0. The lowest BCUT2D eigenvalue weighted by Gasteiger charge is -2.13. The van der Waals surface area contributed by atoms with Gasteiger partial charge in [0, 0.05) is 23.0 Å². The molecule has 1 aliphatic heterocycles. The lowest BCUT2D eigenvalue weighted by Crippen LogP contribution is -2.08. The van der Waals surface area contributed by atoms with Crippen molar-refractivity contribution in [2.75, 3.05) is 5.32 Å². The number of aromatic carboxylic acids is 1. The number of carbonyl (C=O) groups is 1. The molecule has 26 heavy (non-hydrogen) atoms. The second-order valence-electron chi connectivity index (χ2n) is 5.02. The van der Waals surface area contributed by atoms with Gasteiger partial charge in [-0.3, -0.25) is 4.72 Å². The van der Waals surface area contributed by atoms with Gasteiger partial charge in [0.15, 0.2) is 17.5 Å². The van der Waals surface area contributed by atoms with Crippen molar-refractivity contribution in [2.45, 2.75) is 0 Å². The first-order valence-corrected chi connectivity index (χ1v) is 8.35. The van der Waals surface area contributed by atoms with Crippen molar-refractivity contribution in [3.63, 3.8) is 0 Å². The van der Waals surface area contributed by atoms with Gasteiger partial charge in [0.05, 0.1) is 23.4 Å². The molecule has 5 nitrogen and oxygen atoms in total. The Kier molecular flexibility index (Phi) is 5.12. The van der Waals surface area contributed by atoms with Crippen molar-refractivity contribution < 1.29 is 23.1 Å². The van der Waals surface area contributed by atoms with Crippen molar-refractivity contribution in [1.29, 1.82) is 0 Å². The molecule has 0 atom stereocenters. The van der Waals surface area contributed by atoms with Crippen LogP contribution in [-0.4, -0.2) is 14.9 Å². The van der Waals surface area contributed by atoms with Gasteiger partial charge in [-0.15, -0.1) is 0 Å². The highest BCUT2D eigenvalue weighted by molar-refractivity contribution is 7.96. The summed E-state index contributed by atoms with van der Waals surface area (Å²) in [5, 5.41) is 11.8. The Morgan fingerprint density at radius 2 is 1.85 bits per heavy atom. The van der Waals surface area contributed by atoms with E-state index in [0.717, 1.165) is 12.1 Å². The quantitative estimate of drug-likeness (QED) is 0.278. The molecule has 11 heteroatoms. The van der Waals surface area contributed by atoms with Gasteiger partial charge in [0.2, 0.25) is 0 Å². The number of halogens is 5. The number of hydrogen-bond donors (Lipinski definition) is 3. The third-order valence-electron chi connectivity index (χ3n) is 3.42. The maximum absolute atomic E-state index is 14.0. The molecule has 2 aromatic carbocycles. The van der Waals surface area contributed by atoms with Crippen molar-refractivity contribution in [2.24, 2.45) is 0 Å². The van der Waals surface area contributed by atoms with Crippen LogP contribution in [0.1, 0.15) is 15.9 Å². The second kappa shape index (κ2) is 7.18. The van der Waals surface area contributed by atoms with Crippen LogP contribution in [0.15, 0.2) is 35.5 Å². The fourth-order valence-corrected chi connectivity index (χ4v) is 3.44. The molecule has 1 aliphatic rings. The number of hydrogen-bond acceptors (Lipinski definition) is 5. The molecule has 0 radical (unpaired) electrons.